The summed E-state index contributed by atoms with van der Waals surface area (Å²) < 4.78 is 13.3. The third-order valence-corrected chi connectivity index (χ3v) is 4.16. The fourth-order valence-electron chi connectivity index (χ4n) is 2.95. The topological polar surface area (TPSA) is 88.0 Å². The molecule has 1 aromatic heterocycles. The molecule has 1 aromatic carbocycles. The summed E-state index contributed by atoms with van der Waals surface area (Å²) in [6.45, 7) is 0. The molecule has 0 aliphatic heterocycles. The normalized spacial score (nSPS) is 21.7. The van der Waals surface area contributed by atoms with Crippen molar-refractivity contribution >= 4 is 16.8 Å². The van der Waals surface area contributed by atoms with Crippen LogP contribution in [-0.4, -0.2) is 23.0 Å². The van der Waals surface area contributed by atoms with Crippen LogP contribution in [0.15, 0.2) is 29.1 Å². The SMILES string of the molecule is NC1CCC(NC(=O)c2cc(=O)[nH]c3cc(F)ccc23)CC1. The van der Waals surface area contributed by atoms with Crippen LogP contribution < -0.4 is 16.6 Å². The molecule has 0 unspecified atom stereocenters. The first kappa shape index (κ1) is 14.7. The Morgan fingerprint density at radius 1 is 1.23 bits per heavy atom. The van der Waals surface area contributed by atoms with Crippen LogP contribution in [0.3, 0.4) is 0 Å². The summed E-state index contributed by atoms with van der Waals surface area (Å²) in [4.78, 5) is 26.7. The van der Waals surface area contributed by atoms with E-state index in [0.29, 0.717) is 10.9 Å². The maximum Gasteiger partial charge on any atom is 0.252 e. The molecule has 22 heavy (non-hydrogen) atoms. The summed E-state index contributed by atoms with van der Waals surface area (Å²) >= 11 is 0. The second kappa shape index (κ2) is 5.88. The van der Waals surface area contributed by atoms with Crippen LogP contribution in [0.4, 0.5) is 4.39 Å². The molecule has 0 spiro atoms. The van der Waals surface area contributed by atoms with E-state index in [4.69, 9.17) is 5.73 Å². The molecule has 1 fully saturated rings. The number of pyridine rings is 1. The van der Waals surface area contributed by atoms with Gasteiger partial charge in [-0.2, -0.15) is 0 Å². The van der Waals surface area contributed by atoms with E-state index in [9.17, 15) is 14.0 Å². The van der Waals surface area contributed by atoms with Crippen molar-refractivity contribution in [1.29, 1.82) is 0 Å². The minimum atomic E-state index is -0.457. The highest BCUT2D eigenvalue weighted by molar-refractivity contribution is 6.06. The fraction of sp³-hybridized carbons (Fsp3) is 0.375. The van der Waals surface area contributed by atoms with Gasteiger partial charge in [0.25, 0.3) is 5.91 Å². The van der Waals surface area contributed by atoms with Crippen LogP contribution >= 0.6 is 0 Å². The number of hydrogen-bond acceptors (Lipinski definition) is 3. The summed E-state index contributed by atoms with van der Waals surface area (Å²) in [7, 11) is 0. The number of benzene rings is 1. The lowest BCUT2D eigenvalue weighted by Gasteiger charge is -2.26. The van der Waals surface area contributed by atoms with E-state index >= 15 is 0 Å². The number of carbonyl (C=O) groups is 1. The van der Waals surface area contributed by atoms with Crippen molar-refractivity contribution in [2.75, 3.05) is 0 Å². The highest BCUT2D eigenvalue weighted by atomic mass is 19.1. The maximum absolute atomic E-state index is 13.3. The molecule has 2 aromatic rings. The summed E-state index contributed by atoms with van der Waals surface area (Å²) in [5, 5.41) is 3.48. The summed E-state index contributed by atoms with van der Waals surface area (Å²) in [6.07, 6.45) is 3.43. The Morgan fingerprint density at radius 2 is 1.95 bits per heavy atom. The van der Waals surface area contributed by atoms with Gasteiger partial charge in [0.2, 0.25) is 5.56 Å². The molecule has 0 saturated heterocycles. The number of hydrogen-bond donors (Lipinski definition) is 3. The molecule has 1 aliphatic rings. The molecule has 116 valence electrons. The van der Waals surface area contributed by atoms with Gasteiger partial charge >= 0.3 is 0 Å². The lowest BCUT2D eigenvalue weighted by atomic mass is 9.91. The molecule has 0 radical (unpaired) electrons. The number of rotatable bonds is 2. The summed E-state index contributed by atoms with van der Waals surface area (Å²) in [5.74, 6) is -0.759. The molecule has 5 nitrogen and oxygen atoms in total. The number of nitrogens with one attached hydrogen (secondary N) is 2. The molecule has 1 amide bonds. The standard InChI is InChI=1S/C16H18FN3O2/c17-9-1-6-12-13(8-15(21)20-14(12)7-9)16(22)19-11-4-2-10(18)3-5-11/h1,6-8,10-11H,2-5,18H2,(H,19,22)(H,20,21). The number of aromatic amines is 1. The molecule has 6 heteroatoms. The van der Waals surface area contributed by atoms with Crippen molar-refractivity contribution in [2.45, 2.75) is 37.8 Å². The molecule has 0 atom stereocenters. The Balaban J connectivity index is 1.89. The molecular weight excluding hydrogens is 285 g/mol. The van der Waals surface area contributed by atoms with E-state index in [1.165, 1.54) is 24.3 Å². The van der Waals surface area contributed by atoms with Gasteiger partial charge in [-0.25, -0.2) is 4.39 Å². The van der Waals surface area contributed by atoms with Gasteiger partial charge in [0, 0.05) is 23.5 Å². The summed E-state index contributed by atoms with van der Waals surface area (Å²) in [5.41, 5.74) is 6.03. The first-order valence-corrected chi connectivity index (χ1v) is 7.42. The van der Waals surface area contributed by atoms with Crippen LogP contribution in [0, 0.1) is 5.82 Å². The first-order valence-electron chi connectivity index (χ1n) is 7.42. The predicted molar refractivity (Wildman–Crippen MR) is 82.2 cm³/mol. The van der Waals surface area contributed by atoms with Crippen molar-refractivity contribution in [3.8, 4) is 0 Å². The molecule has 1 aliphatic carbocycles. The van der Waals surface area contributed by atoms with Gasteiger partial charge in [0.15, 0.2) is 0 Å². The quantitative estimate of drug-likeness (QED) is 0.788. The number of halogens is 1. The Bertz CT molecular complexity index is 764. The summed E-state index contributed by atoms with van der Waals surface area (Å²) in [6, 6.07) is 5.53. The molecule has 1 saturated carbocycles. The van der Waals surface area contributed by atoms with E-state index < -0.39 is 11.4 Å². The number of fused-ring (bicyclic) bond motifs is 1. The van der Waals surface area contributed by atoms with Crippen molar-refractivity contribution < 1.29 is 9.18 Å². The highest BCUT2D eigenvalue weighted by Crippen LogP contribution is 2.19. The van der Waals surface area contributed by atoms with Crippen LogP contribution in [-0.2, 0) is 0 Å². The average molecular weight is 303 g/mol. The largest absolute Gasteiger partial charge is 0.349 e. The lowest BCUT2D eigenvalue weighted by Crippen LogP contribution is -2.40. The van der Waals surface area contributed by atoms with E-state index in [2.05, 4.69) is 10.3 Å². The Morgan fingerprint density at radius 3 is 2.68 bits per heavy atom. The highest BCUT2D eigenvalue weighted by Gasteiger charge is 2.21. The van der Waals surface area contributed by atoms with Crippen molar-refractivity contribution in [1.82, 2.24) is 10.3 Å². The van der Waals surface area contributed by atoms with Crippen molar-refractivity contribution in [3.63, 3.8) is 0 Å². The third kappa shape index (κ3) is 3.01. The van der Waals surface area contributed by atoms with Crippen LogP contribution in [0.5, 0.6) is 0 Å². The van der Waals surface area contributed by atoms with Gasteiger partial charge in [-0.1, -0.05) is 0 Å². The molecule has 4 N–H and O–H groups in total. The third-order valence-electron chi connectivity index (χ3n) is 4.16. The zero-order valence-corrected chi connectivity index (χ0v) is 12.1. The zero-order chi connectivity index (χ0) is 15.7. The number of nitrogens with two attached hydrogens (primary N) is 1. The second-order valence-electron chi connectivity index (χ2n) is 5.82. The zero-order valence-electron chi connectivity index (χ0n) is 12.1. The Hall–Kier alpha value is -2.21. The van der Waals surface area contributed by atoms with Crippen LogP contribution in [0.2, 0.25) is 0 Å². The molecular formula is C16H18FN3O2. The Labute approximate surface area is 126 Å². The molecule has 0 bridgehead atoms. The monoisotopic (exact) mass is 303 g/mol. The smallest absolute Gasteiger partial charge is 0.252 e. The second-order valence-corrected chi connectivity index (χ2v) is 5.82. The van der Waals surface area contributed by atoms with Gasteiger partial charge in [-0.15, -0.1) is 0 Å². The van der Waals surface area contributed by atoms with Gasteiger partial charge in [0.1, 0.15) is 5.82 Å². The van der Waals surface area contributed by atoms with Crippen molar-refractivity contribution in [3.05, 3.63) is 46.0 Å². The van der Waals surface area contributed by atoms with Crippen LogP contribution in [0.1, 0.15) is 36.0 Å². The van der Waals surface area contributed by atoms with E-state index in [1.54, 1.807) is 0 Å². The van der Waals surface area contributed by atoms with E-state index in [1.807, 2.05) is 0 Å². The minimum Gasteiger partial charge on any atom is -0.349 e. The van der Waals surface area contributed by atoms with Crippen LogP contribution in [0.25, 0.3) is 10.9 Å². The Kier molecular flexibility index (Phi) is 3.94. The van der Waals surface area contributed by atoms with Gasteiger partial charge < -0.3 is 16.0 Å². The number of carbonyl (C=O) groups excluding carboxylic acids is 1. The predicted octanol–water partition coefficient (Wildman–Crippen LogP) is 1.67. The van der Waals surface area contributed by atoms with E-state index in [-0.39, 0.29) is 23.6 Å². The van der Waals surface area contributed by atoms with Crippen molar-refractivity contribution in [2.24, 2.45) is 5.73 Å². The maximum atomic E-state index is 13.3. The minimum absolute atomic E-state index is 0.0714. The molecule has 3 rings (SSSR count). The van der Waals surface area contributed by atoms with Gasteiger partial charge in [0.05, 0.1) is 11.1 Å². The first-order chi connectivity index (χ1) is 10.5. The number of amides is 1. The fourth-order valence-corrected chi connectivity index (χ4v) is 2.95. The van der Waals surface area contributed by atoms with Gasteiger partial charge in [-0.3, -0.25) is 9.59 Å². The van der Waals surface area contributed by atoms with Gasteiger partial charge in [-0.05, 0) is 43.9 Å². The number of H-pyrrole nitrogens is 1. The molecule has 1 heterocycles. The lowest BCUT2D eigenvalue weighted by molar-refractivity contribution is 0.0927. The number of aromatic nitrogens is 1. The average Bonchev–Trinajstić information content (AvgIpc) is 2.48. The van der Waals surface area contributed by atoms with E-state index in [0.717, 1.165) is 25.7 Å².